The quantitative estimate of drug-likeness (QED) is 0.601. The van der Waals surface area contributed by atoms with Crippen LogP contribution in [0.2, 0.25) is 0 Å². The number of halogens is 1. The van der Waals surface area contributed by atoms with Gasteiger partial charge in [0.05, 0.1) is 15.9 Å². The van der Waals surface area contributed by atoms with E-state index in [4.69, 9.17) is 10.5 Å². The van der Waals surface area contributed by atoms with Gasteiger partial charge in [-0.15, -0.1) is 12.4 Å². The van der Waals surface area contributed by atoms with Crippen LogP contribution in [-0.4, -0.2) is 50.0 Å². The molecule has 0 bridgehead atoms. The summed E-state index contributed by atoms with van der Waals surface area (Å²) in [5.41, 5.74) is 6.62. The number of nitrogens with zero attached hydrogens (tertiary/aromatic N) is 2. The van der Waals surface area contributed by atoms with Gasteiger partial charge in [-0.05, 0) is 37.8 Å². The van der Waals surface area contributed by atoms with E-state index in [-0.39, 0.29) is 48.2 Å². The smallest absolute Gasteiger partial charge is 0.271 e. The molecule has 2 N–H and O–H groups in total. The Balaban J connectivity index is 0.00000312. The van der Waals surface area contributed by atoms with Crippen molar-refractivity contribution in [2.45, 2.75) is 43.7 Å². The van der Waals surface area contributed by atoms with E-state index in [2.05, 4.69) is 0 Å². The molecule has 0 aliphatic carbocycles. The highest BCUT2D eigenvalue weighted by Crippen LogP contribution is 2.31. The Morgan fingerprint density at radius 2 is 2.04 bits per heavy atom. The van der Waals surface area contributed by atoms with Gasteiger partial charge in [0.15, 0.2) is 0 Å². The molecule has 8 nitrogen and oxygen atoms in total. The number of hydrogen-bond donors (Lipinski definition) is 1. The molecule has 1 aliphatic rings. The van der Waals surface area contributed by atoms with E-state index >= 15 is 0 Å². The first kappa shape index (κ1) is 21.8. The van der Waals surface area contributed by atoms with E-state index in [9.17, 15) is 18.5 Å². The lowest BCUT2D eigenvalue weighted by atomic mass is 10.0. The van der Waals surface area contributed by atoms with Gasteiger partial charge in [-0.1, -0.05) is 0 Å². The first-order valence-corrected chi connectivity index (χ1v) is 9.16. The lowest BCUT2D eigenvalue weighted by Crippen LogP contribution is -2.51. The molecule has 1 fully saturated rings. The molecular weight excluding hydrogens is 370 g/mol. The normalized spacial score (nSPS) is 21.6. The lowest BCUT2D eigenvalue weighted by Gasteiger charge is -2.37. The summed E-state index contributed by atoms with van der Waals surface area (Å²) in [5, 5.41) is 11.1. The minimum Gasteiger partial charge on any atom is -0.381 e. The Labute approximate surface area is 153 Å². The summed E-state index contributed by atoms with van der Waals surface area (Å²) in [6.07, 6.45) is 1.05. The largest absolute Gasteiger partial charge is 0.381 e. The third-order valence-electron chi connectivity index (χ3n) is 4.62. The molecule has 0 aromatic heterocycles. The first-order chi connectivity index (χ1) is 11.2. The number of aryl methyl sites for hydroxylation is 1. The van der Waals surface area contributed by atoms with Gasteiger partial charge in [-0.3, -0.25) is 10.1 Å². The van der Waals surface area contributed by atoms with E-state index < -0.39 is 14.9 Å². The molecule has 0 amide bonds. The van der Waals surface area contributed by atoms with Crippen LogP contribution in [0.5, 0.6) is 0 Å². The van der Waals surface area contributed by atoms with Crippen LogP contribution in [0.15, 0.2) is 17.0 Å². The second kappa shape index (κ2) is 8.41. The highest BCUT2D eigenvalue weighted by Gasteiger charge is 2.37. The van der Waals surface area contributed by atoms with Gasteiger partial charge >= 0.3 is 0 Å². The van der Waals surface area contributed by atoms with Crippen molar-refractivity contribution in [1.29, 1.82) is 0 Å². The fourth-order valence-corrected chi connectivity index (χ4v) is 5.03. The Hall–Kier alpha value is -1.26. The summed E-state index contributed by atoms with van der Waals surface area (Å²) in [4.78, 5) is 10.5. The van der Waals surface area contributed by atoms with Crippen LogP contribution in [0.1, 0.15) is 24.0 Å². The summed E-state index contributed by atoms with van der Waals surface area (Å²) >= 11 is 0. The molecular formula is C15H24ClN3O5S. The van der Waals surface area contributed by atoms with Crippen LogP contribution in [0.3, 0.4) is 0 Å². The molecule has 2 unspecified atom stereocenters. The first-order valence-electron chi connectivity index (χ1n) is 7.72. The van der Waals surface area contributed by atoms with Crippen molar-refractivity contribution < 1.29 is 18.1 Å². The zero-order valence-corrected chi connectivity index (χ0v) is 16.1. The second-order valence-corrected chi connectivity index (χ2v) is 7.89. The van der Waals surface area contributed by atoms with Gasteiger partial charge in [0, 0.05) is 38.4 Å². The van der Waals surface area contributed by atoms with Gasteiger partial charge < -0.3 is 10.5 Å². The van der Waals surface area contributed by atoms with E-state index in [1.807, 2.05) is 0 Å². The predicted molar refractivity (Wildman–Crippen MR) is 96.6 cm³/mol. The highest BCUT2D eigenvalue weighted by atomic mass is 35.5. The van der Waals surface area contributed by atoms with Crippen molar-refractivity contribution in [2.75, 3.05) is 20.2 Å². The number of hydrogen-bond acceptors (Lipinski definition) is 6. The summed E-state index contributed by atoms with van der Waals surface area (Å²) < 4.78 is 32.9. The van der Waals surface area contributed by atoms with Crippen molar-refractivity contribution in [1.82, 2.24) is 4.31 Å². The lowest BCUT2D eigenvalue weighted by molar-refractivity contribution is -0.385. The Kier molecular flexibility index (Phi) is 7.33. The molecule has 1 aliphatic heterocycles. The molecule has 2 atom stereocenters. The maximum absolute atomic E-state index is 13.1. The van der Waals surface area contributed by atoms with Crippen molar-refractivity contribution in [3.8, 4) is 0 Å². The number of non-ortho nitro benzene ring substituents is 1. The van der Waals surface area contributed by atoms with Gasteiger partial charge in [0.25, 0.3) is 5.69 Å². The zero-order chi connectivity index (χ0) is 18.1. The number of nitro groups is 1. The van der Waals surface area contributed by atoms with Crippen LogP contribution >= 0.6 is 12.4 Å². The summed E-state index contributed by atoms with van der Waals surface area (Å²) in [6, 6.07) is 2.13. The molecule has 25 heavy (non-hydrogen) atoms. The number of benzene rings is 1. The maximum Gasteiger partial charge on any atom is 0.271 e. The molecule has 0 spiro atoms. The van der Waals surface area contributed by atoms with Crippen molar-refractivity contribution in [2.24, 2.45) is 5.73 Å². The number of nitrogens with two attached hydrogens (primary N) is 1. The van der Waals surface area contributed by atoms with Crippen LogP contribution < -0.4 is 5.73 Å². The Morgan fingerprint density at radius 3 is 2.56 bits per heavy atom. The monoisotopic (exact) mass is 393 g/mol. The molecule has 10 heteroatoms. The average Bonchev–Trinajstić information content (AvgIpc) is 2.55. The fraction of sp³-hybridized carbons (Fsp3) is 0.600. The zero-order valence-electron chi connectivity index (χ0n) is 14.5. The van der Waals surface area contributed by atoms with Crippen molar-refractivity contribution in [3.05, 3.63) is 33.4 Å². The van der Waals surface area contributed by atoms with Gasteiger partial charge in [0.2, 0.25) is 10.0 Å². The number of ether oxygens (including phenoxy) is 1. The molecule has 142 valence electrons. The van der Waals surface area contributed by atoms with Gasteiger partial charge in [-0.25, -0.2) is 8.42 Å². The van der Waals surface area contributed by atoms with Crippen LogP contribution in [0.25, 0.3) is 0 Å². The van der Waals surface area contributed by atoms with Crippen LogP contribution in [0, 0.1) is 24.0 Å². The molecule has 1 aromatic carbocycles. The molecule has 1 heterocycles. The van der Waals surface area contributed by atoms with E-state index in [0.29, 0.717) is 24.0 Å². The summed E-state index contributed by atoms with van der Waals surface area (Å²) in [5.74, 6) is 0. The molecule has 2 rings (SSSR count). The second-order valence-electron chi connectivity index (χ2n) is 6.03. The van der Waals surface area contributed by atoms with Crippen LogP contribution in [-0.2, 0) is 14.8 Å². The predicted octanol–water partition coefficient (Wildman–Crippen LogP) is 1.76. The molecule has 1 aromatic rings. The summed E-state index contributed by atoms with van der Waals surface area (Å²) in [6.45, 7) is 3.78. The minimum absolute atomic E-state index is 0. The van der Waals surface area contributed by atoms with Gasteiger partial charge in [-0.2, -0.15) is 4.31 Å². The van der Waals surface area contributed by atoms with Crippen molar-refractivity contribution >= 4 is 28.1 Å². The topological polar surface area (TPSA) is 116 Å². The number of rotatable bonds is 5. The number of methoxy groups -OCH3 is 1. The molecule has 1 saturated heterocycles. The van der Waals surface area contributed by atoms with E-state index in [1.54, 1.807) is 21.0 Å². The number of sulfonamides is 1. The number of piperidine rings is 1. The fourth-order valence-electron chi connectivity index (χ4n) is 3.05. The number of nitro benzene ring substituents is 1. The minimum atomic E-state index is -3.87. The van der Waals surface area contributed by atoms with Crippen molar-refractivity contribution in [3.63, 3.8) is 0 Å². The van der Waals surface area contributed by atoms with Gasteiger partial charge in [0.1, 0.15) is 0 Å². The van der Waals surface area contributed by atoms with Crippen LogP contribution in [0.4, 0.5) is 5.69 Å². The Morgan fingerprint density at radius 1 is 1.40 bits per heavy atom. The maximum atomic E-state index is 13.1. The van der Waals surface area contributed by atoms with E-state index in [1.165, 1.54) is 10.4 Å². The molecule has 0 radical (unpaired) electrons. The Bertz CT molecular complexity index is 741. The SMILES string of the molecule is COC1CCN(S(=O)(=O)c2cc([N+](=O)[O-])cc(C)c2C)C(CN)C1.Cl. The van der Waals surface area contributed by atoms with E-state index in [0.717, 1.165) is 6.07 Å². The average molecular weight is 394 g/mol. The summed E-state index contributed by atoms with van der Waals surface area (Å²) in [7, 11) is -2.28. The third-order valence-corrected chi connectivity index (χ3v) is 6.70. The third kappa shape index (κ3) is 4.29. The molecule has 0 saturated carbocycles. The highest BCUT2D eigenvalue weighted by molar-refractivity contribution is 7.89. The standard InChI is InChI=1S/C15H23N3O5S.ClH/c1-10-6-12(18(19)20)8-15(11(10)2)24(21,22)17-5-4-14(23-3)7-13(17)9-16;/h6,8,13-14H,4-5,7,9,16H2,1-3H3;1H.